The van der Waals surface area contributed by atoms with Crippen molar-refractivity contribution in [1.82, 2.24) is 16.0 Å². The number of hydrogen-bond donors (Lipinski definition) is 3. The summed E-state index contributed by atoms with van der Waals surface area (Å²) in [5, 5.41) is 8.65. The lowest BCUT2D eigenvalue weighted by Crippen LogP contribution is -2.43. The number of amides is 1. The number of ether oxygens (including phenoxy) is 1. The molecule has 0 bridgehead atoms. The Hall–Kier alpha value is -1.65. The molecule has 0 radical (unpaired) electrons. The average Bonchev–Trinajstić information content (AvgIpc) is 2.49. The lowest BCUT2D eigenvalue weighted by molar-refractivity contribution is 0.0529. The molecule has 0 aliphatic heterocycles. The van der Waals surface area contributed by atoms with Gasteiger partial charge in [0.25, 0.3) is 0 Å². The first kappa shape index (κ1) is 24.4. The third kappa shape index (κ3) is 10.4. The van der Waals surface area contributed by atoms with Crippen LogP contribution in [-0.2, 0) is 11.2 Å². The smallest absolute Gasteiger partial charge is 0.407 e. The predicted octanol–water partition coefficient (Wildman–Crippen LogP) is 2.82. The lowest BCUT2D eigenvalue weighted by atomic mass is 10.1. The van der Waals surface area contributed by atoms with Crippen LogP contribution in [0.1, 0.15) is 26.3 Å². The van der Waals surface area contributed by atoms with E-state index in [1.54, 1.807) is 27.8 Å². The maximum absolute atomic E-state index is 13.5. The van der Waals surface area contributed by atoms with E-state index in [9.17, 15) is 13.6 Å². The van der Waals surface area contributed by atoms with Crippen molar-refractivity contribution >= 4 is 36.0 Å². The predicted molar refractivity (Wildman–Crippen MR) is 109 cm³/mol. The van der Waals surface area contributed by atoms with Gasteiger partial charge in [-0.1, -0.05) is 6.07 Å². The van der Waals surface area contributed by atoms with E-state index in [1.165, 1.54) is 12.1 Å². The Morgan fingerprint density at radius 2 is 1.73 bits per heavy atom. The molecule has 1 aromatic rings. The fraction of sp³-hybridized carbons (Fsp3) is 0.529. The second-order valence-corrected chi connectivity index (χ2v) is 6.34. The van der Waals surface area contributed by atoms with Crippen LogP contribution < -0.4 is 16.0 Å². The van der Waals surface area contributed by atoms with Crippen LogP contribution in [0.4, 0.5) is 13.6 Å². The Morgan fingerprint density at radius 1 is 1.12 bits per heavy atom. The minimum atomic E-state index is -0.593. The van der Waals surface area contributed by atoms with E-state index in [0.717, 1.165) is 6.07 Å². The van der Waals surface area contributed by atoms with Crippen molar-refractivity contribution in [3.63, 3.8) is 0 Å². The van der Waals surface area contributed by atoms with E-state index in [4.69, 9.17) is 4.74 Å². The van der Waals surface area contributed by atoms with Gasteiger partial charge in [0, 0.05) is 32.7 Å². The van der Waals surface area contributed by atoms with Crippen LogP contribution in [0.3, 0.4) is 0 Å². The number of nitrogens with zero attached hydrogens (tertiary/aromatic N) is 1. The summed E-state index contributed by atoms with van der Waals surface area (Å²) >= 11 is 0. The molecule has 3 N–H and O–H groups in total. The molecular weight excluding hydrogens is 457 g/mol. The summed E-state index contributed by atoms with van der Waals surface area (Å²) in [7, 11) is 1.61. The van der Waals surface area contributed by atoms with E-state index in [2.05, 4.69) is 20.9 Å². The van der Waals surface area contributed by atoms with Crippen LogP contribution in [-0.4, -0.2) is 44.3 Å². The lowest BCUT2D eigenvalue weighted by Gasteiger charge is -2.19. The highest BCUT2D eigenvalue weighted by atomic mass is 127. The zero-order chi connectivity index (χ0) is 18.9. The first-order valence-corrected chi connectivity index (χ1v) is 8.06. The molecule has 9 heteroatoms. The van der Waals surface area contributed by atoms with E-state index in [0.29, 0.717) is 37.6 Å². The molecule has 0 atom stereocenters. The quantitative estimate of drug-likeness (QED) is 0.251. The highest BCUT2D eigenvalue weighted by Gasteiger charge is 2.15. The summed E-state index contributed by atoms with van der Waals surface area (Å²) in [4.78, 5) is 15.5. The number of halogens is 3. The molecule has 0 unspecified atom stereocenters. The molecule has 0 aliphatic rings. The summed E-state index contributed by atoms with van der Waals surface area (Å²) in [6.45, 7) is 6.62. The van der Waals surface area contributed by atoms with Gasteiger partial charge in [-0.15, -0.1) is 24.0 Å². The molecular formula is C17H27F2IN4O2. The van der Waals surface area contributed by atoms with Gasteiger partial charge in [0.1, 0.15) is 17.2 Å². The van der Waals surface area contributed by atoms with Crippen LogP contribution in [0.15, 0.2) is 23.2 Å². The molecule has 0 saturated carbocycles. The van der Waals surface area contributed by atoms with Gasteiger partial charge in [0.05, 0.1) is 0 Å². The summed E-state index contributed by atoms with van der Waals surface area (Å²) in [6.07, 6.45) is -0.0905. The number of aliphatic imine (C=N–C) groups is 1. The number of alkyl carbamates (subject to hydrolysis) is 1. The monoisotopic (exact) mass is 484 g/mol. The third-order valence-corrected chi connectivity index (χ3v) is 3.01. The van der Waals surface area contributed by atoms with Crippen molar-refractivity contribution in [3.8, 4) is 0 Å². The largest absolute Gasteiger partial charge is 0.444 e. The van der Waals surface area contributed by atoms with E-state index in [1.807, 2.05) is 0 Å². The van der Waals surface area contributed by atoms with Gasteiger partial charge < -0.3 is 20.7 Å². The van der Waals surface area contributed by atoms with Crippen LogP contribution in [0.5, 0.6) is 0 Å². The second kappa shape index (κ2) is 11.9. The van der Waals surface area contributed by atoms with Crippen molar-refractivity contribution in [2.75, 3.05) is 26.7 Å². The first-order chi connectivity index (χ1) is 11.7. The SMILES string of the molecule is CN=C(NCCNC(=O)OC(C)(C)C)NCCc1ccc(F)cc1F.I. The molecule has 0 aliphatic carbocycles. The highest BCUT2D eigenvalue weighted by Crippen LogP contribution is 2.09. The Morgan fingerprint density at radius 3 is 2.31 bits per heavy atom. The number of rotatable bonds is 6. The molecule has 1 aromatic carbocycles. The minimum Gasteiger partial charge on any atom is -0.444 e. The zero-order valence-corrected chi connectivity index (χ0v) is 17.8. The summed E-state index contributed by atoms with van der Waals surface area (Å²) < 4.78 is 31.5. The van der Waals surface area contributed by atoms with Crippen LogP contribution >= 0.6 is 24.0 Å². The number of carbonyl (C=O) groups excluding carboxylic acids is 1. The average molecular weight is 484 g/mol. The van der Waals surface area contributed by atoms with Crippen molar-refractivity contribution in [1.29, 1.82) is 0 Å². The van der Waals surface area contributed by atoms with E-state index in [-0.39, 0.29) is 24.0 Å². The van der Waals surface area contributed by atoms with E-state index < -0.39 is 23.3 Å². The molecule has 0 heterocycles. The van der Waals surface area contributed by atoms with Crippen LogP contribution in [0.25, 0.3) is 0 Å². The topological polar surface area (TPSA) is 74.8 Å². The van der Waals surface area contributed by atoms with Gasteiger partial charge in [-0.05, 0) is 38.8 Å². The number of carbonyl (C=O) groups is 1. The van der Waals surface area contributed by atoms with Gasteiger partial charge in [-0.2, -0.15) is 0 Å². The Kier molecular flexibility index (Phi) is 11.1. The molecule has 0 spiro atoms. The molecule has 26 heavy (non-hydrogen) atoms. The Labute approximate surface area is 170 Å². The molecule has 0 saturated heterocycles. The fourth-order valence-electron chi connectivity index (χ4n) is 1.92. The summed E-state index contributed by atoms with van der Waals surface area (Å²) in [5.41, 5.74) is -0.110. The first-order valence-electron chi connectivity index (χ1n) is 8.06. The van der Waals surface area contributed by atoms with Gasteiger partial charge in [-0.25, -0.2) is 13.6 Å². The number of guanidine groups is 1. The molecule has 0 aromatic heterocycles. The highest BCUT2D eigenvalue weighted by molar-refractivity contribution is 14.0. The van der Waals surface area contributed by atoms with Crippen molar-refractivity contribution in [2.24, 2.45) is 4.99 Å². The van der Waals surface area contributed by atoms with Gasteiger partial charge in [-0.3, -0.25) is 4.99 Å². The number of benzene rings is 1. The van der Waals surface area contributed by atoms with Gasteiger partial charge in [0.15, 0.2) is 5.96 Å². The van der Waals surface area contributed by atoms with Crippen molar-refractivity contribution in [2.45, 2.75) is 32.8 Å². The zero-order valence-electron chi connectivity index (χ0n) is 15.5. The minimum absolute atomic E-state index is 0. The van der Waals surface area contributed by atoms with Crippen LogP contribution in [0.2, 0.25) is 0 Å². The molecule has 1 amide bonds. The normalized spacial score (nSPS) is 11.4. The Bertz CT molecular complexity index is 607. The molecule has 0 fully saturated rings. The van der Waals surface area contributed by atoms with Gasteiger partial charge in [0.2, 0.25) is 0 Å². The molecule has 6 nitrogen and oxygen atoms in total. The maximum atomic E-state index is 13.5. The standard InChI is InChI=1S/C17H26F2N4O2.HI/c1-17(2,3)25-16(24)23-10-9-22-15(20-4)21-8-7-12-5-6-13(18)11-14(12)19;/h5-6,11H,7-10H2,1-4H3,(H,23,24)(H2,20,21,22);1H. The molecule has 148 valence electrons. The third-order valence-electron chi connectivity index (χ3n) is 3.01. The maximum Gasteiger partial charge on any atom is 0.407 e. The summed E-state index contributed by atoms with van der Waals surface area (Å²) in [5.74, 6) is -0.635. The van der Waals surface area contributed by atoms with E-state index >= 15 is 0 Å². The second-order valence-electron chi connectivity index (χ2n) is 6.34. The van der Waals surface area contributed by atoms with Crippen molar-refractivity contribution < 1.29 is 18.3 Å². The Balaban J connectivity index is 0.00000625. The van der Waals surface area contributed by atoms with Gasteiger partial charge >= 0.3 is 6.09 Å². The molecule has 1 rings (SSSR count). The number of nitrogens with one attached hydrogen (secondary N) is 3. The number of hydrogen-bond acceptors (Lipinski definition) is 3. The summed E-state index contributed by atoms with van der Waals surface area (Å²) in [6, 6.07) is 3.52. The van der Waals surface area contributed by atoms with Crippen molar-refractivity contribution in [3.05, 3.63) is 35.4 Å². The fourth-order valence-corrected chi connectivity index (χ4v) is 1.92. The van der Waals surface area contributed by atoms with Crippen LogP contribution in [0, 0.1) is 11.6 Å².